The maximum absolute atomic E-state index is 5.97. The summed E-state index contributed by atoms with van der Waals surface area (Å²) in [7, 11) is -3.89. The highest BCUT2D eigenvalue weighted by Gasteiger charge is 2.56. The highest BCUT2D eigenvalue weighted by atomic mass is 28.4. The molecule has 0 aromatic carbocycles. The molecule has 3 aliphatic rings. The lowest BCUT2D eigenvalue weighted by molar-refractivity contribution is 0.113. The summed E-state index contributed by atoms with van der Waals surface area (Å²) < 4.78 is 39.8. The van der Waals surface area contributed by atoms with Crippen LogP contribution in [0.15, 0.2) is 0 Å². The van der Waals surface area contributed by atoms with Gasteiger partial charge in [0.1, 0.15) is 6.10 Å². The van der Waals surface area contributed by atoms with Crippen molar-refractivity contribution in [1.82, 2.24) is 0 Å². The first-order valence-corrected chi connectivity index (χ1v) is 19.1. The lowest BCUT2D eigenvalue weighted by Gasteiger charge is -2.33. The van der Waals surface area contributed by atoms with E-state index in [1.165, 1.54) is 19.3 Å². The summed E-state index contributed by atoms with van der Waals surface area (Å²) in [6, 6.07) is 2.11. The molecule has 1 saturated carbocycles. The Morgan fingerprint density at radius 3 is 2.03 bits per heavy atom. The van der Waals surface area contributed by atoms with E-state index < -0.39 is 17.1 Å². The van der Waals surface area contributed by atoms with Crippen molar-refractivity contribution in [2.24, 2.45) is 11.8 Å². The molecule has 5 unspecified atom stereocenters. The van der Waals surface area contributed by atoms with E-state index in [0.29, 0.717) is 18.1 Å². The Hall–Kier alpha value is 0.154. The monoisotopic (exact) mass is 534 g/mol. The van der Waals surface area contributed by atoms with Crippen LogP contribution < -0.4 is 0 Å². The number of hydrogen-bond acceptors (Lipinski definition) is 7. The molecule has 0 spiro atoms. The molecule has 9 heteroatoms. The molecule has 208 valence electrons. The van der Waals surface area contributed by atoms with Gasteiger partial charge in [0.15, 0.2) is 0 Å². The quantitative estimate of drug-likeness (QED) is 0.135. The van der Waals surface area contributed by atoms with Gasteiger partial charge < -0.3 is 31.9 Å². The fourth-order valence-electron chi connectivity index (χ4n) is 5.38. The molecule has 5 atom stereocenters. The van der Waals surface area contributed by atoms with Crippen LogP contribution in [0.4, 0.5) is 0 Å². The van der Waals surface area contributed by atoms with Gasteiger partial charge in [0, 0.05) is 33.0 Å². The van der Waals surface area contributed by atoms with Crippen LogP contribution >= 0.6 is 0 Å². The van der Waals surface area contributed by atoms with E-state index in [0.717, 1.165) is 70.7 Å². The zero-order valence-electron chi connectivity index (χ0n) is 23.9. The smallest absolute Gasteiger partial charge is 0.335 e. The van der Waals surface area contributed by atoms with Crippen molar-refractivity contribution in [3.8, 4) is 0 Å². The molecule has 3 rings (SSSR count). The fraction of sp³-hybridized carbons (Fsp3) is 1.00. The molecule has 1 aliphatic carbocycles. The van der Waals surface area contributed by atoms with Crippen molar-refractivity contribution in [2.45, 2.75) is 110 Å². The summed E-state index contributed by atoms with van der Waals surface area (Å²) >= 11 is 0. The Morgan fingerprint density at radius 1 is 0.943 bits per heavy atom. The predicted molar refractivity (Wildman–Crippen MR) is 144 cm³/mol. The maximum Gasteiger partial charge on any atom is 0.335 e. The largest absolute Gasteiger partial charge is 0.395 e. The molecule has 2 heterocycles. The van der Waals surface area contributed by atoms with E-state index in [-0.39, 0.29) is 5.60 Å². The highest BCUT2D eigenvalue weighted by molar-refractivity contribution is 6.66. The second-order valence-electron chi connectivity index (χ2n) is 10.8. The molecule has 0 amide bonds. The Morgan fingerprint density at radius 2 is 1.51 bits per heavy atom. The minimum atomic E-state index is -1.96. The second kappa shape index (κ2) is 14.9. The first-order valence-electron chi connectivity index (χ1n) is 14.1. The van der Waals surface area contributed by atoms with Crippen LogP contribution in [0.1, 0.15) is 67.2 Å². The summed E-state index contributed by atoms with van der Waals surface area (Å²) in [5.41, 5.74) is 0.233. The van der Waals surface area contributed by atoms with Gasteiger partial charge in [-0.05, 0) is 97.3 Å². The van der Waals surface area contributed by atoms with Gasteiger partial charge in [-0.25, -0.2) is 0 Å². The SMILES string of the molecule is CCO[Si](C)(CC(C)C1CCC2(C)OC2C1)OCC.CCO[Si](C)(CCCOCC1CO1)OCC. The predicted octanol–water partition coefficient (Wildman–Crippen LogP) is 5.66. The average Bonchev–Trinajstić information content (AvgIpc) is 3.70. The Kier molecular flexibility index (Phi) is 13.4. The van der Waals surface area contributed by atoms with E-state index in [4.69, 9.17) is 31.9 Å². The number of epoxide rings is 2. The molecular weight excluding hydrogens is 480 g/mol. The van der Waals surface area contributed by atoms with Gasteiger partial charge in [0.25, 0.3) is 0 Å². The Labute approximate surface area is 217 Å². The van der Waals surface area contributed by atoms with Gasteiger partial charge in [-0.3, -0.25) is 0 Å². The zero-order valence-corrected chi connectivity index (χ0v) is 25.9. The molecule has 7 nitrogen and oxygen atoms in total. The molecule has 2 saturated heterocycles. The third-order valence-electron chi connectivity index (χ3n) is 7.49. The first-order chi connectivity index (χ1) is 16.6. The number of rotatable bonds is 17. The van der Waals surface area contributed by atoms with Gasteiger partial charge in [0.05, 0.1) is 24.9 Å². The van der Waals surface area contributed by atoms with Crippen molar-refractivity contribution in [3.05, 3.63) is 0 Å². The van der Waals surface area contributed by atoms with Gasteiger partial charge in [0.2, 0.25) is 0 Å². The van der Waals surface area contributed by atoms with Gasteiger partial charge in [-0.15, -0.1) is 0 Å². The zero-order chi connectivity index (χ0) is 26.0. The second-order valence-corrected chi connectivity index (χ2v) is 17.4. The molecular formula is C26H54O7Si2. The maximum atomic E-state index is 5.97. The van der Waals surface area contributed by atoms with Gasteiger partial charge in [-0.1, -0.05) is 6.92 Å². The Bertz CT molecular complexity index is 580. The molecule has 2 aliphatic heterocycles. The summed E-state index contributed by atoms with van der Waals surface area (Å²) in [5, 5.41) is 0. The molecule has 3 fully saturated rings. The topological polar surface area (TPSA) is 71.2 Å². The summed E-state index contributed by atoms with van der Waals surface area (Å²) in [5.74, 6) is 1.47. The third kappa shape index (κ3) is 11.2. The average molecular weight is 535 g/mol. The lowest BCUT2D eigenvalue weighted by Crippen LogP contribution is -2.42. The minimum Gasteiger partial charge on any atom is -0.395 e. The molecule has 0 N–H and O–H groups in total. The fourth-order valence-corrected chi connectivity index (χ4v) is 10.8. The van der Waals surface area contributed by atoms with E-state index in [2.05, 4.69) is 40.8 Å². The van der Waals surface area contributed by atoms with E-state index >= 15 is 0 Å². The Balaban J connectivity index is 0.000000251. The van der Waals surface area contributed by atoms with Crippen molar-refractivity contribution in [2.75, 3.05) is 46.2 Å². The molecule has 0 radical (unpaired) electrons. The summed E-state index contributed by atoms with van der Waals surface area (Å²) in [6.07, 6.45) is 5.67. The standard InChI is InChI=1S/C15H30O3Si.C11H24O4Si/c1-6-16-19(5,17-7-2)11-12(3)13-8-9-15(4)14(10-13)18-15;1-4-14-16(3,15-5-2)8-6-7-12-9-11-10-13-11/h12-14H,6-11H2,1-5H3;11H,4-10H2,1-3H3. The van der Waals surface area contributed by atoms with Crippen LogP contribution in [0, 0.1) is 11.8 Å². The van der Waals surface area contributed by atoms with E-state index in [1.54, 1.807) is 0 Å². The van der Waals surface area contributed by atoms with E-state index in [9.17, 15) is 0 Å². The van der Waals surface area contributed by atoms with Crippen LogP contribution in [0.25, 0.3) is 0 Å². The van der Waals surface area contributed by atoms with Crippen LogP contribution in [0.3, 0.4) is 0 Å². The molecule has 0 aromatic heterocycles. The molecule has 0 aromatic rings. The van der Waals surface area contributed by atoms with Crippen LogP contribution in [-0.4, -0.2) is 81.2 Å². The summed E-state index contributed by atoms with van der Waals surface area (Å²) in [4.78, 5) is 0. The first kappa shape index (κ1) is 31.4. The summed E-state index contributed by atoms with van der Waals surface area (Å²) in [6.45, 7) is 22.5. The number of ether oxygens (including phenoxy) is 3. The number of hydrogen-bond donors (Lipinski definition) is 0. The molecule has 35 heavy (non-hydrogen) atoms. The van der Waals surface area contributed by atoms with Crippen molar-refractivity contribution >= 4 is 17.1 Å². The number of fused-ring (bicyclic) bond motifs is 1. The van der Waals surface area contributed by atoms with Crippen molar-refractivity contribution in [1.29, 1.82) is 0 Å². The van der Waals surface area contributed by atoms with Gasteiger partial charge >= 0.3 is 17.1 Å². The van der Waals surface area contributed by atoms with Crippen LogP contribution in [0.2, 0.25) is 25.2 Å². The van der Waals surface area contributed by atoms with Gasteiger partial charge in [-0.2, -0.15) is 0 Å². The molecule has 0 bridgehead atoms. The third-order valence-corrected chi connectivity index (χ3v) is 13.7. The lowest BCUT2D eigenvalue weighted by atomic mass is 9.77. The van der Waals surface area contributed by atoms with Crippen molar-refractivity contribution < 1.29 is 31.9 Å². The highest BCUT2D eigenvalue weighted by Crippen LogP contribution is 2.51. The van der Waals surface area contributed by atoms with Crippen molar-refractivity contribution in [3.63, 3.8) is 0 Å². The van der Waals surface area contributed by atoms with E-state index in [1.807, 2.05) is 13.8 Å². The normalized spacial score (nSPS) is 28.6. The van der Waals surface area contributed by atoms with Crippen LogP contribution in [-0.2, 0) is 31.9 Å². The van der Waals surface area contributed by atoms with Crippen LogP contribution in [0.5, 0.6) is 0 Å². The minimum absolute atomic E-state index is 0.233.